The highest BCUT2D eigenvalue weighted by Crippen LogP contribution is 2.23. The highest BCUT2D eigenvalue weighted by molar-refractivity contribution is 7.89. The molecule has 0 saturated heterocycles. The minimum atomic E-state index is -3.55. The number of aromatic amines is 1. The van der Waals surface area contributed by atoms with E-state index in [9.17, 15) is 13.2 Å². The van der Waals surface area contributed by atoms with Crippen molar-refractivity contribution in [2.75, 3.05) is 5.32 Å². The number of sulfonamides is 1. The summed E-state index contributed by atoms with van der Waals surface area (Å²) in [6.45, 7) is 7.53. The Balaban J connectivity index is 1.79. The predicted molar refractivity (Wildman–Crippen MR) is 108 cm³/mol. The number of aromatic nitrogens is 1. The Morgan fingerprint density at radius 1 is 1.04 bits per heavy atom. The molecular formula is C20H23N3O3S. The molecule has 0 spiro atoms. The van der Waals surface area contributed by atoms with E-state index < -0.39 is 10.0 Å². The minimum absolute atomic E-state index is 0.161. The molecule has 0 aliphatic heterocycles. The summed E-state index contributed by atoms with van der Waals surface area (Å²) in [5.41, 5.74) is 4.27. The molecule has 0 saturated carbocycles. The van der Waals surface area contributed by atoms with Gasteiger partial charge in [-0.05, 0) is 75.7 Å². The Hall–Kier alpha value is -2.64. The van der Waals surface area contributed by atoms with Gasteiger partial charge in [-0.2, -0.15) is 0 Å². The van der Waals surface area contributed by atoms with Crippen LogP contribution in [0.4, 0.5) is 5.69 Å². The van der Waals surface area contributed by atoms with E-state index in [2.05, 4.69) is 15.0 Å². The van der Waals surface area contributed by atoms with Gasteiger partial charge in [-0.1, -0.05) is 0 Å². The number of fused-ring (bicyclic) bond motifs is 1. The van der Waals surface area contributed by atoms with Crippen molar-refractivity contribution in [1.29, 1.82) is 0 Å². The second-order valence-corrected chi connectivity index (χ2v) is 8.60. The summed E-state index contributed by atoms with van der Waals surface area (Å²) in [4.78, 5) is 16.0. The van der Waals surface area contributed by atoms with Crippen LogP contribution in [-0.4, -0.2) is 25.4 Å². The number of hydrogen-bond donors (Lipinski definition) is 3. The zero-order valence-electron chi connectivity index (χ0n) is 15.8. The smallest absolute Gasteiger partial charge is 0.255 e. The van der Waals surface area contributed by atoms with Gasteiger partial charge in [0.15, 0.2) is 0 Å². The van der Waals surface area contributed by atoms with Crippen molar-refractivity contribution in [2.24, 2.45) is 0 Å². The summed E-state index contributed by atoms with van der Waals surface area (Å²) in [6.07, 6.45) is 0. The van der Waals surface area contributed by atoms with Gasteiger partial charge in [-0.15, -0.1) is 0 Å². The van der Waals surface area contributed by atoms with Crippen LogP contribution in [0, 0.1) is 13.8 Å². The van der Waals surface area contributed by atoms with Crippen LogP contribution < -0.4 is 10.0 Å². The lowest BCUT2D eigenvalue weighted by Gasteiger charge is -2.10. The maximum absolute atomic E-state index is 12.6. The average Bonchev–Trinajstić information content (AvgIpc) is 2.88. The highest BCUT2D eigenvalue weighted by atomic mass is 32.2. The van der Waals surface area contributed by atoms with Crippen LogP contribution >= 0.6 is 0 Å². The van der Waals surface area contributed by atoms with Gasteiger partial charge in [0.2, 0.25) is 10.0 Å². The van der Waals surface area contributed by atoms with E-state index in [1.54, 1.807) is 32.0 Å². The second-order valence-electron chi connectivity index (χ2n) is 6.89. The van der Waals surface area contributed by atoms with Crippen molar-refractivity contribution in [1.82, 2.24) is 9.71 Å². The maximum Gasteiger partial charge on any atom is 0.255 e. The van der Waals surface area contributed by atoms with Crippen LogP contribution in [0.25, 0.3) is 10.9 Å². The number of aryl methyl sites for hydroxylation is 2. The molecule has 7 heteroatoms. The van der Waals surface area contributed by atoms with E-state index in [0.29, 0.717) is 11.3 Å². The topological polar surface area (TPSA) is 91.1 Å². The third kappa shape index (κ3) is 4.04. The van der Waals surface area contributed by atoms with Gasteiger partial charge in [0.1, 0.15) is 0 Å². The summed E-state index contributed by atoms with van der Waals surface area (Å²) in [6, 6.07) is 11.4. The molecule has 6 nitrogen and oxygen atoms in total. The van der Waals surface area contributed by atoms with Crippen molar-refractivity contribution in [3.8, 4) is 0 Å². The first-order valence-corrected chi connectivity index (χ1v) is 10.2. The lowest BCUT2D eigenvalue weighted by Crippen LogP contribution is -2.30. The highest BCUT2D eigenvalue weighted by Gasteiger charge is 2.15. The molecule has 1 aromatic heterocycles. The summed E-state index contributed by atoms with van der Waals surface area (Å²) in [5, 5.41) is 3.82. The van der Waals surface area contributed by atoms with Gasteiger partial charge in [-0.25, -0.2) is 13.1 Å². The SMILES string of the molecule is Cc1[nH]c2ccc(C(=O)Nc3ccc(S(=O)(=O)NC(C)C)cc3)cc2c1C. The third-order valence-electron chi connectivity index (χ3n) is 4.38. The maximum atomic E-state index is 12.6. The fourth-order valence-corrected chi connectivity index (χ4v) is 4.15. The Morgan fingerprint density at radius 2 is 1.70 bits per heavy atom. The van der Waals surface area contributed by atoms with E-state index in [4.69, 9.17) is 0 Å². The molecule has 3 aromatic rings. The number of H-pyrrole nitrogens is 1. The van der Waals surface area contributed by atoms with Crippen molar-refractivity contribution in [3.05, 3.63) is 59.3 Å². The molecule has 3 N–H and O–H groups in total. The molecule has 0 atom stereocenters. The Labute approximate surface area is 159 Å². The Bertz CT molecular complexity index is 1100. The van der Waals surface area contributed by atoms with E-state index in [0.717, 1.165) is 22.2 Å². The summed E-state index contributed by atoms with van der Waals surface area (Å²) >= 11 is 0. The number of carbonyl (C=O) groups is 1. The number of amides is 1. The number of carbonyl (C=O) groups excluding carboxylic acids is 1. The Morgan fingerprint density at radius 3 is 2.33 bits per heavy atom. The summed E-state index contributed by atoms with van der Waals surface area (Å²) in [5.74, 6) is -0.244. The van der Waals surface area contributed by atoms with Crippen molar-refractivity contribution < 1.29 is 13.2 Å². The first kappa shape index (κ1) is 19.1. The molecule has 1 amide bonds. The predicted octanol–water partition coefficient (Wildman–Crippen LogP) is 3.72. The molecule has 142 valence electrons. The van der Waals surface area contributed by atoms with Gasteiger partial charge >= 0.3 is 0 Å². The first-order chi connectivity index (χ1) is 12.7. The standard InChI is InChI=1S/C20H23N3O3S/c1-12(2)23-27(25,26)17-8-6-16(7-9-17)22-20(24)15-5-10-19-18(11-15)13(3)14(4)21-19/h5-12,21,23H,1-4H3,(H,22,24). The summed E-state index contributed by atoms with van der Waals surface area (Å²) in [7, 11) is -3.55. The van der Waals surface area contributed by atoms with Gasteiger partial charge in [-0.3, -0.25) is 4.79 Å². The number of nitrogens with one attached hydrogen (secondary N) is 3. The molecule has 3 rings (SSSR count). The fraction of sp³-hybridized carbons (Fsp3) is 0.250. The monoisotopic (exact) mass is 385 g/mol. The third-order valence-corrected chi connectivity index (χ3v) is 6.06. The van der Waals surface area contributed by atoms with Gasteiger partial charge in [0.25, 0.3) is 5.91 Å². The zero-order chi connectivity index (χ0) is 19.8. The average molecular weight is 385 g/mol. The molecule has 0 unspecified atom stereocenters. The van der Waals surface area contributed by atoms with Crippen molar-refractivity contribution >= 4 is 32.5 Å². The zero-order valence-corrected chi connectivity index (χ0v) is 16.6. The summed E-state index contributed by atoms with van der Waals surface area (Å²) < 4.78 is 26.8. The number of benzene rings is 2. The molecule has 2 aromatic carbocycles. The fourth-order valence-electron chi connectivity index (χ4n) is 2.90. The molecule has 0 bridgehead atoms. The quantitative estimate of drug-likeness (QED) is 0.625. The van der Waals surface area contributed by atoms with Gasteiger partial charge in [0, 0.05) is 33.9 Å². The van der Waals surface area contributed by atoms with Crippen LogP contribution in [0.3, 0.4) is 0 Å². The molecule has 1 heterocycles. The lowest BCUT2D eigenvalue weighted by atomic mass is 10.1. The van der Waals surface area contributed by atoms with Crippen molar-refractivity contribution in [2.45, 2.75) is 38.6 Å². The molecule has 0 aliphatic rings. The van der Waals surface area contributed by atoms with E-state index in [1.807, 2.05) is 26.0 Å². The van der Waals surface area contributed by atoms with Gasteiger partial charge < -0.3 is 10.3 Å². The molecule has 0 radical (unpaired) electrons. The lowest BCUT2D eigenvalue weighted by molar-refractivity contribution is 0.102. The van der Waals surface area contributed by atoms with Crippen LogP contribution in [0.5, 0.6) is 0 Å². The minimum Gasteiger partial charge on any atom is -0.358 e. The van der Waals surface area contributed by atoms with Crippen LogP contribution in [-0.2, 0) is 10.0 Å². The van der Waals surface area contributed by atoms with E-state index >= 15 is 0 Å². The molecule has 0 aliphatic carbocycles. The second kappa shape index (κ2) is 7.17. The number of anilines is 1. The first-order valence-electron chi connectivity index (χ1n) is 8.70. The largest absolute Gasteiger partial charge is 0.358 e. The van der Waals surface area contributed by atoms with E-state index in [-0.39, 0.29) is 16.8 Å². The normalized spacial score (nSPS) is 11.9. The van der Waals surface area contributed by atoms with Crippen LogP contribution in [0.15, 0.2) is 47.4 Å². The van der Waals surface area contributed by atoms with Crippen LogP contribution in [0.2, 0.25) is 0 Å². The van der Waals surface area contributed by atoms with E-state index in [1.165, 1.54) is 12.1 Å². The number of rotatable bonds is 5. The van der Waals surface area contributed by atoms with Gasteiger partial charge in [0.05, 0.1) is 4.90 Å². The number of hydrogen-bond acceptors (Lipinski definition) is 3. The molecule has 0 fully saturated rings. The van der Waals surface area contributed by atoms with Crippen LogP contribution in [0.1, 0.15) is 35.5 Å². The Kier molecular flexibility index (Phi) is 5.08. The van der Waals surface area contributed by atoms with Crippen molar-refractivity contribution in [3.63, 3.8) is 0 Å². The molecular weight excluding hydrogens is 362 g/mol. The molecule has 27 heavy (non-hydrogen) atoms.